The van der Waals surface area contributed by atoms with Gasteiger partial charge in [-0.1, -0.05) is 32.9 Å². The van der Waals surface area contributed by atoms with Gasteiger partial charge in [0, 0.05) is 22.1 Å². The molecule has 4 heteroatoms. The maximum absolute atomic E-state index is 13.7. The first kappa shape index (κ1) is 14.5. The molecule has 0 spiro atoms. The molecule has 0 fully saturated rings. The highest BCUT2D eigenvalue weighted by Crippen LogP contribution is 2.29. The molecule has 0 saturated heterocycles. The summed E-state index contributed by atoms with van der Waals surface area (Å²) in [5, 5.41) is 0. The minimum Gasteiger partial charge on any atom is -0.323 e. The smallest absolute Gasteiger partial charge is 0.163 e. The summed E-state index contributed by atoms with van der Waals surface area (Å²) in [6, 6.07) is 2.66. The second-order valence-corrected chi connectivity index (χ2v) is 6.98. The van der Waals surface area contributed by atoms with Gasteiger partial charge in [-0.25, -0.2) is 8.78 Å². The number of aryl methyl sites for hydroxylation is 1. The molecule has 96 valence electrons. The maximum atomic E-state index is 13.7. The van der Waals surface area contributed by atoms with Crippen LogP contribution in [-0.4, -0.2) is 10.5 Å². The lowest BCUT2D eigenvalue weighted by molar-refractivity contribution is 0.487. The molecule has 0 aliphatic rings. The standard InChI is InChI=1S/C13H19F2NS/c1-8-5-6-9(12(15)11(8)14)10(16)7-17-13(2,3)4/h5-6,10H,7,16H2,1-4H3. The van der Waals surface area contributed by atoms with Gasteiger partial charge in [-0.05, 0) is 12.5 Å². The van der Waals surface area contributed by atoms with E-state index in [4.69, 9.17) is 5.73 Å². The molecule has 0 bridgehead atoms. The van der Waals surface area contributed by atoms with Crippen LogP contribution in [0.2, 0.25) is 0 Å². The number of benzene rings is 1. The SMILES string of the molecule is Cc1ccc(C(N)CSC(C)(C)C)c(F)c1F. The number of rotatable bonds is 3. The van der Waals surface area contributed by atoms with Gasteiger partial charge in [-0.2, -0.15) is 11.8 Å². The average Bonchev–Trinajstić information content (AvgIpc) is 2.22. The molecule has 1 aromatic carbocycles. The first-order chi connectivity index (χ1) is 7.72. The number of hydrogen-bond acceptors (Lipinski definition) is 2. The molecule has 2 N–H and O–H groups in total. The van der Waals surface area contributed by atoms with E-state index in [0.717, 1.165) is 0 Å². The van der Waals surface area contributed by atoms with Gasteiger partial charge in [0.05, 0.1) is 0 Å². The van der Waals surface area contributed by atoms with Crippen LogP contribution >= 0.6 is 11.8 Å². The first-order valence-electron chi connectivity index (χ1n) is 5.56. The van der Waals surface area contributed by atoms with E-state index in [1.54, 1.807) is 23.9 Å². The molecule has 0 aliphatic carbocycles. The summed E-state index contributed by atoms with van der Waals surface area (Å²) < 4.78 is 27.1. The van der Waals surface area contributed by atoms with E-state index in [2.05, 4.69) is 20.8 Å². The maximum Gasteiger partial charge on any atom is 0.163 e. The van der Waals surface area contributed by atoms with Crippen molar-refractivity contribution >= 4 is 11.8 Å². The predicted octanol–water partition coefficient (Wildman–Crippen LogP) is 3.80. The summed E-state index contributed by atoms with van der Waals surface area (Å²) in [4.78, 5) is 0. The highest BCUT2D eigenvalue weighted by molar-refractivity contribution is 8.00. The van der Waals surface area contributed by atoms with Crippen molar-refractivity contribution in [2.75, 3.05) is 5.75 Å². The third-order valence-corrected chi connectivity index (χ3v) is 3.79. The topological polar surface area (TPSA) is 26.0 Å². The lowest BCUT2D eigenvalue weighted by atomic mass is 10.1. The van der Waals surface area contributed by atoms with Gasteiger partial charge in [0.25, 0.3) is 0 Å². The van der Waals surface area contributed by atoms with Crippen LogP contribution in [0.1, 0.15) is 37.9 Å². The van der Waals surface area contributed by atoms with Gasteiger partial charge >= 0.3 is 0 Å². The lowest BCUT2D eigenvalue weighted by Crippen LogP contribution is -2.19. The first-order valence-corrected chi connectivity index (χ1v) is 6.55. The third kappa shape index (κ3) is 3.96. The number of thioether (sulfide) groups is 1. The van der Waals surface area contributed by atoms with Crippen molar-refractivity contribution in [3.63, 3.8) is 0 Å². The molecule has 1 rings (SSSR count). The highest BCUT2D eigenvalue weighted by atomic mass is 32.2. The molecule has 1 unspecified atom stereocenters. The van der Waals surface area contributed by atoms with E-state index < -0.39 is 17.7 Å². The Kier molecular flexibility index (Phi) is 4.55. The van der Waals surface area contributed by atoms with Crippen LogP contribution in [-0.2, 0) is 0 Å². The summed E-state index contributed by atoms with van der Waals surface area (Å²) in [5.41, 5.74) is 6.46. The molecule has 17 heavy (non-hydrogen) atoms. The van der Waals surface area contributed by atoms with Crippen LogP contribution in [0.3, 0.4) is 0 Å². The Morgan fingerprint density at radius 1 is 1.24 bits per heavy atom. The van der Waals surface area contributed by atoms with Gasteiger partial charge in [0.15, 0.2) is 11.6 Å². The van der Waals surface area contributed by atoms with E-state index in [-0.39, 0.29) is 10.3 Å². The Morgan fingerprint density at radius 2 is 1.82 bits per heavy atom. The Bertz CT molecular complexity index is 399. The van der Waals surface area contributed by atoms with Crippen molar-refractivity contribution in [3.8, 4) is 0 Å². The van der Waals surface area contributed by atoms with Crippen LogP contribution in [0.15, 0.2) is 12.1 Å². The largest absolute Gasteiger partial charge is 0.323 e. The third-order valence-electron chi connectivity index (χ3n) is 2.40. The summed E-state index contributed by atoms with van der Waals surface area (Å²) in [6.45, 7) is 7.74. The Labute approximate surface area is 106 Å². The van der Waals surface area contributed by atoms with Crippen molar-refractivity contribution < 1.29 is 8.78 Å². The fourth-order valence-corrected chi connectivity index (χ4v) is 2.24. The van der Waals surface area contributed by atoms with Crippen molar-refractivity contribution in [1.82, 2.24) is 0 Å². The Morgan fingerprint density at radius 3 is 2.35 bits per heavy atom. The van der Waals surface area contributed by atoms with E-state index >= 15 is 0 Å². The van der Waals surface area contributed by atoms with Gasteiger partial charge in [0.2, 0.25) is 0 Å². The predicted molar refractivity (Wildman–Crippen MR) is 70.2 cm³/mol. The van der Waals surface area contributed by atoms with Crippen LogP contribution in [0, 0.1) is 18.6 Å². The Hall–Kier alpha value is -0.610. The molecular weight excluding hydrogens is 240 g/mol. The average molecular weight is 259 g/mol. The fraction of sp³-hybridized carbons (Fsp3) is 0.538. The quantitative estimate of drug-likeness (QED) is 0.893. The molecule has 1 atom stereocenters. The van der Waals surface area contributed by atoms with Crippen LogP contribution in [0.5, 0.6) is 0 Å². The number of nitrogens with two attached hydrogens (primary N) is 1. The van der Waals surface area contributed by atoms with Crippen molar-refractivity contribution in [3.05, 3.63) is 34.9 Å². The molecule has 0 aromatic heterocycles. The second-order valence-electron chi connectivity index (χ2n) is 5.13. The van der Waals surface area contributed by atoms with Gasteiger partial charge in [-0.15, -0.1) is 0 Å². The van der Waals surface area contributed by atoms with Crippen molar-refractivity contribution in [2.45, 2.75) is 38.5 Å². The summed E-state index contributed by atoms with van der Waals surface area (Å²) >= 11 is 1.64. The van der Waals surface area contributed by atoms with Gasteiger partial charge in [0.1, 0.15) is 0 Å². The molecular formula is C13H19F2NS. The van der Waals surface area contributed by atoms with E-state index in [0.29, 0.717) is 11.3 Å². The normalized spacial score (nSPS) is 13.8. The zero-order valence-corrected chi connectivity index (χ0v) is 11.5. The number of halogens is 2. The molecule has 0 aliphatic heterocycles. The zero-order chi connectivity index (χ0) is 13.2. The minimum atomic E-state index is -0.813. The van der Waals surface area contributed by atoms with E-state index in [9.17, 15) is 8.78 Å². The fourth-order valence-electron chi connectivity index (χ4n) is 1.38. The molecule has 0 saturated carbocycles. The lowest BCUT2D eigenvalue weighted by Gasteiger charge is -2.21. The van der Waals surface area contributed by atoms with Crippen LogP contribution < -0.4 is 5.73 Å². The van der Waals surface area contributed by atoms with E-state index in [1.165, 1.54) is 6.92 Å². The molecule has 1 nitrogen and oxygen atoms in total. The second kappa shape index (κ2) is 5.36. The van der Waals surface area contributed by atoms with Gasteiger partial charge in [-0.3, -0.25) is 0 Å². The Balaban J connectivity index is 2.83. The summed E-state index contributed by atoms with van der Waals surface area (Å²) in [7, 11) is 0. The van der Waals surface area contributed by atoms with Crippen LogP contribution in [0.4, 0.5) is 8.78 Å². The van der Waals surface area contributed by atoms with Crippen molar-refractivity contribution in [1.29, 1.82) is 0 Å². The summed E-state index contributed by atoms with van der Waals surface area (Å²) in [6.07, 6.45) is 0. The van der Waals surface area contributed by atoms with Crippen LogP contribution in [0.25, 0.3) is 0 Å². The molecule has 0 amide bonds. The van der Waals surface area contributed by atoms with Crippen molar-refractivity contribution in [2.24, 2.45) is 5.73 Å². The van der Waals surface area contributed by atoms with E-state index in [1.807, 2.05) is 0 Å². The highest BCUT2D eigenvalue weighted by Gasteiger charge is 2.19. The minimum absolute atomic E-state index is 0.0668. The monoisotopic (exact) mass is 259 g/mol. The molecule has 0 heterocycles. The number of hydrogen-bond donors (Lipinski definition) is 1. The van der Waals surface area contributed by atoms with Gasteiger partial charge < -0.3 is 5.73 Å². The molecule has 1 aromatic rings. The summed E-state index contributed by atoms with van der Waals surface area (Å²) in [5.74, 6) is -1.03. The zero-order valence-electron chi connectivity index (χ0n) is 10.7. The molecule has 0 radical (unpaired) electrons.